The van der Waals surface area contributed by atoms with Crippen molar-refractivity contribution in [3.63, 3.8) is 0 Å². The van der Waals surface area contributed by atoms with Gasteiger partial charge in [-0.2, -0.15) is 24.9 Å². The molecule has 0 saturated heterocycles. The van der Waals surface area contributed by atoms with Crippen LogP contribution in [0.25, 0.3) is 0 Å². The van der Waals surface area contributed by atoms with Gasteiger partial charge < -0.3 is 10.6 Å². The highest BCUT2D eigenvalue weighted by Crippen LogP contribution is 2.12. The third-order valence-corrected chi connectivity index (χ3v) is 2.66. The second-order valence-electron chi connectivity index (χ2n) is 3.33. The van der Waals surface area contributed by atoms with Crippen LogP contribution in [-0.4, -0.2) is 36.3 Å². The van der Waals surface area contributed by atoms with E-state index < -0.39 is 18.8 Å². The van der Waals surface area contributed by atoms with E-state index in [0.29, 0.717) is 0 Å². The zero-order valence-corrected chi connectivity index (χ0v) is 10.2. The second-order valence-corrected chi connectivity index (χ2v) is 4.72. The number of alkyl halides is 3. The molecule has 3 nitrogen and oxygen atoms in total. The number of thioether (sulfide) groups is 1. The van der Waals surface area contributed by atoms with Gasteiger partial charge in [0.25, 0.3) is 0 Å². The molecule has 0 aliphatic heterocycles. The van der Waals surface area contributed by atoms with Gasteiger partial charge in [0.1, 0.15) is 6.54 Å². The Bertz CT molecular complexity index is 211. The fourth-order valence-corrected chi connectivity index (χ4v) is 1.74. The van der Waals surface area contributed by atoms with Gasteiger partial charge in [-0.1, -0.05) is 6.92 Å². The molecule has 2 amide bonds. The fourth-order valence-electron chi connectivity index (χ4n) is 0.932. The van der Waals surface area contributed by atoms with Gasteiger partial charge in [0.2, 0.25) is 0 Å². The van der Waals surface area contributed by atoms with Gasteiger partial charge >= 0.3 is 12.2 Å². The van der Waals surface area contributed by atoms with Crippen LogP contribution in [0.1, 0.15) is 20.3 Å². The molecule has 0 aliphatic rings. The molecule has 1 atom stereocenters. The third-order valence-electron chi connectivity index (χ3n) is 1.73. The molecule has 7 heteroatoms. The second kappa shape index (κ2) is 7.65. The summed E-state index contributed by atoms with van der Waals surface area (Å²) in [5, 5.41) is 4.21. The average molecular weight is 258 g/mol. The van der Waals surface area contributed by atoms with Crippen molar-refractivity contribution in [2.24, 2.45) is 0 Å². The number of hydrogen-bond acceptors (Lipinski definition) is 2. The lowest BCUT2D eigenvalue weighted by Gasteiger charge is -2.15. The van der Waals surface area contributed by atoms with E-state index in [1.807, 2.05) is 6.92 Å². The third kappa shape index (κ3) is 9.95. The van der Waals surface area contributed by atoms with E-state index >= 15 is 0 Å². The van der Waals surface area contributed by atoms with Gasteiger partial charge in [-0.25, -0.2) is 4.79 Å². The van der Waals surface area contributed by atoms with Crippen molar-refractivity contribution in [2.45, 2.75) is 32.5 Å². The predicted octanol–water partition coefficient (Wildman–Crippen LogP) is 2.38. The monoisotopic (exact) mass is 258 g/mol. The summed E-state index contributed by atoms with van der Waals surface area (Å²) in [5.74, 6) is 1.88. The molecule has 0 bridgehead atoms. The lowest BCUT2D eigenvalue weighted by atomic mass is 10.3. The Hall–Kier alpha value is -0.590. The van der Waals surface area contributed by atoms with Crippen LogP contribution in [0.5, 0.6) is 0 Å². The summed E-state index contributed by atoms with van der Waals surface area (Å²) in [4.78, 5) is 11.0. The quantitative estimate of drug-likeness (QED) is 0.718. The summed E-state index contributed by atoms with van der Waals surface area (Å²) in [6.45, 7) is 2.50. The molecule has 0 aliphatic carbocycles. The molecule has 0 spiro atoms. The van der Waals surface area contributed by atoms with Crippen LogP contribution in [0.2, 0.25) is 0 Å². The Kier molecular flexibility index (Phi) is 7.36. The van der Waals surface area contributed by atoms with E-state index in [9.17, 15) is 18.0 Å². The van der Waals surface area contributed by atoms with Crippen LogP contribution in [0.3, 0.4) is 0 Å². The molecule has 0 saturated carbocycles. The minimum absolute atomic E-state index is 0.118. The van der Waals surface area contributed by atoms with Crippen LogP contribution in [0.4, 0.5) is 18.0 Å². The normalized spacial score (nSPS) is 13.3. The lowest BCUT2D eigenvalue weighted by molar-refractivity contribution is -0.122. The van der Waals surface area contributed by atoms with Crippen molar-refractivity contribution in [2.75, 3.05) is 18.1 Å². The first kappa shape index (κ1) is 15.4. The van der Waals surface area contributed by atoms with Gasteiger partial charge in [-0.05, 0) is 24.9 Å². The Morgan fingerprint density at radius 3 is 2.56 bits per heavy atom. The summed E-state index contributed by atoms with van der Waals surface area (Å²) in [6, 6.07) is -0.890. The van der Waals surface area contributed by atoms with Gasteiger partial charge in [-0.3, -0.25) is 0 Å². The maximum atomic E-state index is 11.8. The van der Waals surface area contributed by atoms with Crippen molar-refractivity contribution in [1.29, 1.82) is 0 Å². The Balaban J connectivity index is 3.62. The van der Waals surface area contributed by atoms with Crippen LogP contribution in [-0.2, 0) is 0 Å². The van der Waals surface area contributed by atoms with E-state index in [-0.39, 0.29) is 6.04 Å². The standard InChI is InChI=1S/C9H17F3N2OS/c1-3-16-5-4-7(2)14-8(15)13-6-9(10,11)12/h7H,3-6H2,1-2H3,(H2,13,14,15). The maximum Gasteiger partial charge on any atom is 0.405 e. The lowest BCUT2D eigenvalue weighted by Crippen LogP contribution is -2.44. The Labute approximate surface area is 97.5 Å². The number of urea groups is 1. The first-order chi connectivity index (χ1) is 7.35. The van der Waals surface area contributed by atoms with Crippen molar-refractivity contribution in [3.05, 3.63) is 0 Å². The largest absolute Gasteiger partial charge is 0.405 e. The van der Waals surface area contributed by atoms with Gasteiger partial charge in [0.15, 0.2) is 0 Å². The first-order valence-electron chi connectivity index (χ1n) is 5.04. The van der Waals surface area contributed by atoms with Crippen molar-refractivity contribution < 1.29 is 18.0 Å². The zero-order chi connectivity index (χ0) is 12.6. The molecule has 1 unspecified atom stereocenters. The number of carbonyl (C=O) groups is 1. The minimum Gasteiger partial charge on any atom is -0.336 e. The number of carbonyl (C=O) groups excluding carboxylic acids is 1. The number of hydrogen-bond donors (Lipinski definition) is 2. The maximum absolute atomic E-state index is 11.8. The molecular weight excluding hydrogens is 241 g/mol. The highest BCUT2D eigenvalue weighted by atomic mass is 32.2. The molecule has 0 heterocycles. The molecule has 0 aromatic rings. The van der Waals surface area contributed by atoms with Gasteiger partial charge in [-0.15, -0.1) is 0 Å². The highest BCUT2D eigenvalue weighted by molar-refractivity contribution is 7.99. The number of amides is 2. The summed E-state index contributed by atoms with van der Waals surface area (Å²) in [6.07, 6.45) is -3.61. The number of halogens is 3. The summed E-state index contributed by atoms with van der Waals surface area (Å²) in [7, 11) is 0. The minimum atomic E-state index is -4.36. The molecule has 16 heavy (non-hydrogen) atoms. The average Bonchev–Trinajstić information content (AvgIpc) is 2.14. The molecule has 0 radical (unpaired) electrons. The molecule has 0 aromatic carbocycles. The molecule has 0 rings (SSSR count). The van der Waals surface area contributed by atoms with Crippen LogP contribution >= 0.6 is 11.8 Å². The van der Waals surface area contributed by atoms with E-state index in [2.05, 4.69) is 5.32 Å². The highest BCUT2D eigenvalue weighted by Gasteiger charge is 2.27. The van der Waals surface area contributed by atoms with Gasteiger partial charge in [0, 0.05) is 6.04 Å². The van der Waals surface area contributed by atoms with Gasteiger partial charge in [0.05, 0.1) is 0 Å². The van der Waals surface area contributed by atoms with Crippen molar-refractivity contribution in [3.8, 4) is 0 Å². The van der Waals surface area contributed by atoms with Crippen LogP contribution in [0.15, 0.2) is 0 Å². The van der Waals surface area contributed by atoms with E-state index in [1.54, 1.807) is 24.0 Å². The number of rotatable bonds is 6. The summed E-state index contributed by atoms with van der Waals surface area (Å²) in [5.41, 5.74) is 0. The van der Waals surface area contributed by atoms with E-state index in [1.165, 1.54) is 0 Å². The van der Waals surface area contributed by atoms with Crippen LogP contribution < -0.4 is 10.6 Å². The van der Waals surface area contributed by atoms with Crippen molar-refractivity contribution >= 4 is 17.8 Å². The molecule has 0 aromatic heterocycles. The summed E-state index contributed by atoms with van der Waals surface area (Å²) >= 11 is 1.73. The molecular formula is C9H17F3N2OS. The summed E-state index contributed by atoms with van der Waals surface area (Å²) < 4.78 is 35.3. The topological polar surface area (TPSA) is 41.1 Å². The smallest absolute Gasteiger partial charge is 0.336 e. The molecule has 0 fully saturated rings. The SMILES string of the molecule is CCSCCC(C)NC(=O)NCC(F)(F)F. The van der Waals surface area contributed by atoms with E-state index in [0.717, 1.165) is 17.9 Å². The first-order valence-corrected chi connectivity index (χ1v) is 6.19. The molecule has 96 valence electrons. The molecule has 2 N–H and O–H groups in total. The predicted molar refractivity (Wildman–Crippen MR) is 59.7 cm³/mol. The Morgan fingerprint density at radius 1 is 1.44 bits per heavy atom. The van der Waals surface area contributed by atoms with Crippen molar-refractivity contribution in [1.82, 2.24) is 10.6 Å². The Morgan fingerprint density at radius 2 is 2.06 bits per heavy atom. The van der Waals surface area contributed by atoms with E-state index in [4.69, 9.17) is 0 Å². The van der Waals surface area contributed by atoms with Crippen LogP contribution in [0, 0.1) is 0 Å². The number of nitrogens with one attached hydrogen (secondary N) is 2. The fraction of sp³-hybridized carbons (Fsp3) is 0.889. The zero-order valence-electron chi connectivity index (χ0n) is 9.36.